The summed E-state index contributed by atoms with van der Waals surface area (Å²) in [5, 5.41) is 0. The molecule has 1 fully saturated rings. The molecule has 0 spiro atoms. The van der Waals surface area contributed by atoms with Gasteiger partial charge < -0.3 is 0 Å². The molecule has 5 heteroatoms. The van der Waals surface area contributed by atoms with Gasteiger partial charge in [0.05, 0.1) is 0 Å². The van der Waals surface area contributed by atoms with Crippen LogP contribution in [0.4, 0.5) is 0 Å². The molecule has 0 N–H and O–H groups in total. The van der Waals surface area contributed by atoms with E-state index in [1.807, 2.05) is 32.0 Å². The van der Waals surface area contributed by atoms with Gasteiger partial charge in [0.25, 0.3) is 0 Å². The van der Waals surface area contributed by atoms with Crippen LogP contribution >= 0.6 is 0 Å². The van der Waals surface area contributed by atoms with Crippen molar-refractivity contribution < 1.29 is 19.0 Å². The van der Waals surface area contributed by atoms with Crippen molar-refractivity contribution >= 4 is 25.4 Å². The second kappa shape index (κ2) is 6.72. The minimum atomic E-state index is -0.625. The second-order valence-corrected chi connectivity index (χ2v) is 7.89. The Bertz CT molecular complexity index is 446. The van der Waals surface area contributed by atoms with E-state index in [1.165, 1.54) is 11.4 Å². The Hall–Kier alpha value is -0.871. The van der Waals surface area contributed by atoms with Crippen molar-refractivity contribution in [3.8, 4) is 0 Å². The summed E-state index contributed by atoms with van der Waals surface area (Å²) in [6.45, 7) is 6.13. The standard InChI is InChI=1S/C15H20O4Se/c1-11(16)19-13-9-17-15(2,3)18-10-14(13)20-12-7-5-4-6-8-12/h4-8,13-14H,9-10H2,1-3H3/t13-,14-/m1/s1. The van der Waals surface area contributed by atoms with E-state index < -0.39 is 5.79 Å². The van der Waals surface area contributed by atoms with Crippen molar-refractivity contribution in [3.05, 3.63) is 30.3 Å². The Balaban J connectivity index is 2.10. The molecule has 20 heavy (non-hydrogen) atoms. The monoisotopic (exact) mass is 344 g/mol. The normalized spacial score (nSPS) is 25.8. The minimum absolute atomic E-state index is 0.163. The van der Waals surface area contributed by atoms with Crippen molar-refractivity contribution in [1.82, 2.24) is 0 Å². The molecule has 0 saturated carbocycles. The summed E-state index contributed by atoms with van der Waals surface area (Å²) in [6.07, 6.45) is -0.241. The van der Waals surface area contributed by atoms with Gasteiger partial charge in [0.1, 0.15) is 0 Å². The first kappa shape index (κ1) is 15.5. The van der Waals surface area contributed by atoms with Gasteiger partial charge in [0, 0.05) is 0 Å². The molecule has 1 aromatic carbocycles. The van der Waals surface area contributed by atoms with Crippen molar-refractivity contribution in [2.24, 2.45) is 0 Å². The van der Waals surface area contributed by atoms with E-state index in [0.29, 0.717) is 13.2 Å². The number of ether oxygens (including phenoxy) is 3. The molecule has 0 radical (unpaired) electrons. The van der Waals surface area contributed by atoms with Crippen LogP contribution in [-0.2, 0) is 19.0 Å². The van der Waals surface area contributed by atoms with Crippen LogP contribution in [-0.4, -0.2) is 46.0 Å². The average molecular weight is 343 g/mol. The molecule has 110 valence electrons. The summed E-state index contributed by atoms with van der Waals surface area (Å²) in [6, 6.07) is 10.2. The fourth-order valence-corrected chi connectivity index (χ4v) is 4.21. The third kappa shape index (κ3) is 4.60. The zero-order valence-electron chi connectivity index (χ0n) is 12.0. The van der Waals surface area contributed by atoms with Crippen LogP contribution in [0.25, 0.3) is 0 Å². The molecular weight excluding hydrogens is 323 g/mol. The molecule has 1 aliphatic rings. The number of rotatable bonds is 3. The fraction of sp³-hybridized carbons (Fsp3) is 0.533. The second-order valence-electron chi connectivity index (χ2n) is 5.14. The Labute approximate surface area is 125 Å². The summed E-state index contributed by atoms with van der Waals surface area (Å²) in [7, 11) is 0. The Morgan fingerprint density at radius 1 is 1.25 bits per heavy atom. The average Bonchev–Trinajstić information content (AvgIpc) is 2.52. The predicted octanol–water partition coefficient (Wildman–Crippen LogP) is 1.52. The van der Waals surface area contributed by atoms with Gasteiger partial charge in [-0.15, -0.1) is 0 Å². The summed E-state index contributed by atoms with van der Waals surface area (Å²) >= 11 is 0.172. The molecule has 0 aromatic heterocycles. The molecule has 0 amide bonds. The molecule has 4 nitrogen and oxygen atoms in total. The topological polar surface area (TPSA) is 44.8 Å². The Morgan fingerprint density at radius 2 is 1.90 bits per heavy atom. The number of hydrogen-bond acceptors (Lipinski definition) is 4. The molecule has 0 unspecified atom stereocenters. The summed E-state index contributed by atoms with van der Waals surface area (Å²) < 4.78 is 18.2. The predicted molar refractivity (Wildman–Crippen MR) is 77.1 cm³/mol. The van der Waals surface area contributed by atoms with Crippen molar-refractivity contribution in [3.63, 3.8) is 0 Å². The zero-order chi connectivity index (χ0) is 14.6. The van der Waals surface area contributed by atoms with Crippen molar-refractivity contribution in [2.45, 2.75) is 37.5 Å². The number of hydrogen-bond donors (Lipinski definition) is 0. The molecular formula is C15H20O4Se. The molecule has 1 aliphatic heterocycles. The number of esters is 1. The van der Waals surface area contributed by atoms with E-state index in [0.717, 1.165) is 0 Å². The van der Waals surface area contributed by atoms with Gasteiger partial charge in [-0.1, -0.05) is 0 Å². The van der Waals surface area contributed by atoms with Gasteiger partial charge in [-0.3, -0.25) is 0 Å². The third-order valence-electron chi connectivity index (χ3n) is 2.95. The van der Waals surface area contributed by atoms with Gasteiger partial charge in [-0.05, 0) is 0 Å². The SMILES string of the molecule is CC(=O)O[C@@H]1COC(C)(C)OC[C@H]1[Se]c1ccccc1. The maximum atomic E-state index is 11.3. The first-order valence-corrected chi connectivity index (χ1v) is 8.48. The number of carbonyl (C=O) groups is 1. The van der Waals surface area contributed by atoms with Crippen LogP contribution in [0.5, 0.6) is 0 Å². The Morgan fingerprint density at radius 3 is 2.55 bits per heavy atom. The molecule has 1 heterocycles. The van der Waals surface area contributed by atoms with Crippen molar-refractivity contribution in [2.75, 3.05) is 13.2 Å². The van der Waals surface area contributed by atoms with Crippen LogP contribution in [0.3, 0.4) is 0 Å². The molecule has 2 atom stereocenters. The van der Waals surface area contributed by atoms with Crippen molar-refractivity contribution in [1.29, 1.82) is 0 Å². The van der Waals surface area contributed by atoms with Gasteiger partial charge in [-0.2, -0.15) is 0 Å². The first-order chi connectivity index (χ1) is 9.46. The van der Waals surface area contributed by atoms with Crippen LogP contribution in [0.2, 0.25) is 4.82 Å². The van der Waals surface area contributed by atoms with Crippen LogP contribution in [0, 0.1) is 0 Å². The van der Waals surface area contributed by atoms with Crippen LogP contribution in [0.15, 0.2) is 30.3 Å². The molecule has 0 bridgehead atoms. The maximum absolute atomic E-state index is 11.3. The van der Waals surface area contributed by atoms with E-state index in [1.54, 1.807) is 0 Å². The van der Waals surface area contributed by atoms with Crippen LogP contribution in [0.1, 0.15) is 20.8 Å². The molecule has 2 rings (SSSR count). The first-order valence-electron chi connectivity index (χ1n) is 6.63. The molecule has 1 saturated heterocycles. The molecule has 0 aliphatic carbocycles. The van der Waals surface area contributed by atoms with Crippen LogP contribution < -0.4 is 4.46 Å². The fourth-order valence-electron chi connectivity index (χ4n) is 1.93. The van der Waals surface area contributed by atoms with Gasteiger partial charge in [0.15, 0.2) is 0 Å². The van der Waals surface area contributed by atoms with E-state index in [-0.39, 0.29) is 31.8 Å². The quantitative estimate of drug-likeness (QED) is 0.617. The number of carbonyl (C=O) groups excluding carboxylic acids is 1. The summed E-state index contributed by atoms with van der Waals surface area (Å²) in [5.41, 5.74) is 0. The number of benzene rings is 1. The Kier molecular flexibility index (Phi) is 5.22. The summed E-state index contributed by atoms with van der Waals surface area (Å²) in [4.78, 5) is 11.4. The van der Waals surface area contributed by atoms with Gasteiger partial charge in [0.2, 0.25) is 0 Å². The van der Waals surface area contributed by atoms with Gasteiger partial charge >= 0.3 is 125 Å². The van der Waals surface area contributed by atoms with E-state index in [9.17, 15) is 4.79 Å². The summed E-state index contributed by atoms with van der Waals surface area (Å²) in [5.74, 6) is -0.896. The van der Waals surface area contributed by atoms with E-state index in [4.69, 9.17) is 14.2 Å². The van der Waals surface area contributed by atoms with E-state index in [2.05, 4.69) is 12.1 Å². The third-order valence-corrected chi connectivity index (χ3v) is 5.65. The molecule has 1 aromatic rings. The van der Waals surface area contributed by atoms with Gasteiger partial charge in [-0.25, -0.2) is 0 Å². The zero-order valence-corrected chi connectivity index (χ0v) is 13.7. The van der Waals surface area contributed by atoms with E-state index >= 15 is 0 Å².